The maximum absolute atomic E-state index is 12.9. The highest BCUT2D eigenvalue weighted by atomic mass is 32.2. The zero-order valence-corrected chi connectivity index (χ0v) is 15.2. The van der Waals surface area contributed by atoms with Crippen LogP contribution in [0.3, 0.4) is 0 Å². The van der Waals surface area contributed by atoms with Gasteiger partial charge in [0.25, 0.3) is 11.1 Å². The molecule has 2 amide bonds. The molecule has 2 aliphatic rings. The van der Waals surface area contributed by atoms with Gasteiger partial charge < -0.3 is 9.64 Å². The number of hydrogen-bond donors (Lipinski definition) is 0. The van der Waals surface area contributed by atoms with Crippen LogP contribution in [0.2, 0.25) is 0 Å². The van der Waals surface area contributed by atoms with Gasteiger partial charge in [0, 0.05) is 18.0 Å². The number of carbonyl (C=O) groups is 2. The van der Waals surface area contributed by atoms with E-state index in [0.717, 1.165) is 33.1 Å². The standard InChI is InChI=1S/C18H14N2O3S2/c1-19-13-10-12(23-2)8-9-14(13)24-17(19)15-16(21)20(18(22)25-15)11-6-4-3-5-7-11/h3-10H,1-2H3/b17-15-. The van der Waals surface area contributed by atoms with E-state index in [9.17, 15) is 9.59 Å². The van der Waals surface area contributed by atoms with Gasteiger partial charge >= 0.3 is 0 Å². The Morgan fingerprint density at radius 3 is 2.48 bits per heavy atom. The molecule has 2 aromatic carbocycles. The number of carbonyl (C=O) groups excluding carboxylic acids is 2. The lowest BCUT2D eigenvalue weighted by Crippen LogP contribution is -2.28. The van der Waals surface area contributed by atoms with Crippen molar-refractivity contribution in [1.29, 1.82) is 0 Å². The van der Waals surface area contributed by atoms with E-state index < -0.39 is 0 Å². The molecule has 0 aromatic heterocycles. The lowest BCUT2D eigenvalue weighted by molar-refractivity contribution is -0.113. The molecule has 2 aromatic rings. The van der Waals surface area contributed by atoms with Gasteiger partial charge in [-0.15, -0.1) is 0 Å². The van der Waals surface area contributed by atoms with E-state index in [1.54, 1.807) is 19.2 Å². The normalized spacial score (nSPS) is 19.6. The Morgan fingerprint density at radius 2 is 1.76 bits per heavy atom. The van der Waals surface area contributed by atoms with Crippen LogP contribution in [0, 0.1) is 0 Å². The first-order valence-electron chi connectivity index (χ1n) is 7.55. The van der Waals surface area contributed by atoms with E-state index in [1.165, 1.54) is 16.7 Å². The highest BCUT2D eigenvalue weighted by molar-refractivity contribution is 8.19. The second kappa shape index (κ2) is 6.16. The lowest BCUT2D eigenvalue weighted by atomic mass is 10.3. The Bertz CT molecular complexity index is 912. The number of benzene rings is 2. The first-order chi connectivity index (χ1) is 12.1. The summed E-state index contributed by atoms with van der Waals surface area (Å²) < 4.78 is 5.28. The molecule has 1 fully saturated rings. The smallest absolute Gasteiger partial charge is 0.298 e. The van der Waals surface area contributed by atoms with E-state index in [1.807, 2.05) is 48.3 Å². The highest BCUT2D eigenvalue weighted by Gasteiger charge is 2.41. The molecular formula is C18H14N2O3S2. The second-order valence-electron chi connectivity index (χ2n) is 5.47. The average Bonchev–Trinajstić information content (AvgIpc) is 3.11. The minimum Gasteiger partial charge on any atom is -0.497 e. The third kappa shape index (κ3) is 2.60. The van der Waals surface area contributed by atoms with Gasteiger partial charge in [-0.3, -0.25) is 9.59 Å². The molecule has 0 N–H and O–H groups in total. The number of thioether (sulfide) groups is 2. The molecular weight excluding hydrogens is 356 g/mol. The van der Waals surface area contributed by atoms with Gasteiger partial charge in [-0.25, -0.2) is 4.90 Å². The number of methoxy groups -OCH3 is 1. The third-order valence-electron chi connectivity index (χ3n) is 4.02. The molecule has 4 rings (SSSR count). The highest BCUT2D eigenvalue weighted by Crippen LogP contribution is 2.51. The van der Waals surface area contributed by atoms with Crippen LogP contribution in [0.4, 0.5) is 16.2 Å². The van der Waals surface area contributed by atoms with Crippen molar-refractivity contribution >= 4 is 46.0 Å². The topological polar surface area (TPSA) is 49.9 Å². The molecule has 7 heteroatoms. The lowest BCUT2D eigenvalue weighted by Gasteiger charge is -2.16. The first kappa shape index (κ1) is 16.1. The van der Waals surface area contributed by atoms with Crippen molar-refractivity contribution < 1.29 is 14.3 Å². The summed E-state index contributed by atoms with van der Waals surface area (Å²) in [6, 6.07) is 14.8. The Hall–Kier alpha value is -2.38. The molecule has 0 radical (unpaired) electrons. The van der Waals surface area contributed by atoms with Crippen molar-refractivity contribution in [2.24, 2.45) is 0 Å². The van der Waals surface area contributed by atoms with Crippen LogP contribution in [-0.4, -0.2) is 25.3 Å². The molecule has 0 saturated carbocycles. The average molecular weight is 370 g/mol. The summed E-state index contributed by atoms with van der Waals surface area (Å²) in [7, 11) is 3.51. The minimum absolute atomic E-state index is 0.277. The van der Waals surface area contributed by atoms with E-state index in [4.69, 9.17) is 4.74 Å². The molecule has 0 spiro atoms. The van der Waals surface area contributed by atoms with Crippen LogP contribution >= 0.6 is 23.5 Å². The van der Waals surface area contributed by atoms with Crippen molar-refractivity contribution in [1.82, 2.24) is 0 Å². The fraction of sp³-hybridized carbons (Fsp3) is 0.111. The summed E-state index contributed by atoms with van der Waals surface area (Å²) in [6.07, 6.45) is 0. The van der Waals surface area contributed by atoms with Crippen LogP contribution < -0.4 is 14.5 Å². The number of amides is 2. The van der Waals surface area contributed by atoms with Crippen LogP contribution in [0.25, 0.3) is 0 Å². The number of anilines is 2. The molecule has 0 bridgehead atoms. The van der Waals surface area contributed by atoms with Gasteiger partial charge in [-0.05, 0) is 36.0 Å². The fourth-order valence-corrected chi connectivity index (χ4v) is 4.92. The second-order valence-corrected chi connectivity index (χ2v) is 7.47. The molecule has 0 unspecified atom stereocenters. The number of imide groups is 1. The monoisotopic (exact) mass is 370 g/mol. The summed E-state index contributed by atoms with van der Waals surface area (Å²) in [5.41, 5.74) is 1.55. The number of para-hydroxylation sites is 1. The number of rotatable bonds is 2. The zero-order chi connectivity index (χ0) is 17.6. The van der Waals surface area contributed by atoms with E-state index >= 15 is 0 Å². The Labute approximate surface area is 153 Å². The first-order valence-corrected chi connectivity index (χ1v) is 9.18. The van der Waals surface area contributed by atoms with Crippen LogP contribution in [0.5, 0.6) is 5.75 Å². The van der Waals surface area contributed by atoms with E-state index in [2.05, 4.69) is 0 Å². The maximum Gasteiger partial charge on any atom is 0.298 e. The Kier molecular flexibility index (Phi) is 3.97. The number of ether oxygens (including phenoxy) is 1. The zero-order valence-electron chi connectivity index (χ0n) is 13.6. The summed E-state index contributed by atoms with van der Waals surface area (Å²) in [5.74, 6) is 0.472. The van der Waals surface area contributed by atoms with Gasteiger partial charge in [0.1, 0.15) is 10.7 Å². The fourth-order valence-electron chi connectivity index (χ4n) is 2.75. The predicted octanol–water partition coefficient (Wildman–Crippen LogP) is 4.31. The van der Waals surface area contributed by atoms with Crippen molar-refractivity contribution in [3.05, 3.63) is 58.5 Å². The quantitative estimate of drug-likeness (QED) is 0.735. The molecule has 2 heterocycles. The van der Waals surface area contributed by atoms with Crippen molar-refractivity contribution in [3.63, 3.8) is 0 Å². The Morgan fingerprint density at radius 1 is 1.00 bits per heavy atom. The predicted molar refractivity (Wildman–Crippen MR) is 101 cm³/mol. The molecule has 0 aliphatic carbocycles. The number of nitrogens with zero attached hydrogens (tertiary/aromatic N) is 2. The number of hydrogen-bond acceptors (Lipinski definition) is 6. The van der Waals surface area contributed by atoms with Crippen molar-refractivity contribution in [2.75, 3.05) is 24.0 Å². The summed E-state index contributed by atoms with van der Waals surface area (Å²) >= 11 is 2.47. The van der Waals surface area contributed by atoms with E-state index in [0.29, 0.717) is 10.6 Å². The van der Waals surface area contributed by atoms with E-state index in [-0.39, 0.29) is 11.1 Å². The van der Waals surface area contributed by atoms with Crippen LogP contribution in [0.15, 0.2) is 63.4 Å². The summed E-state index contributed by atoms with van der Waals surface area (Å²) in [6.45, 7) is 0. The summed E-state index contributed by atoms with van der Waals surface area (Å²) in [5, 5.41) is 0.492. The van der Waals surface area contributed by atoms with Crippen LogP contribution in [-0.2, 0) is 4.79 Å². The molecule has 25 heavy (non-hydrogen) atoms. The molecule has 0 atom stereocenters. The Balaban J connectivity index is 1.73. The number of fused-ring (bicyclic) bond motifs is 1. The van der Waals surface area contributed by atoms with Crippen molar-refractivity contribution in [3.8, 4) is 5.75 Å². The van der Waals surface area contributed by atoms with Gasteiger partial charge in [0.15, 0.2) is 0 Å². The van der Waals surface area contributed by atoms with Gasteiger partial charge in [0.05, 0.1) is 23.5 Å². The molecule has 5 nitrogen and oxygen atoms in total. The largest absolute Gasteiger partial charge is 0.497 e. The third-order valence-corrected chi connectivity index (χ3v) is 6.31. The van der Waals surface area contributed by atoms with Crippen LogP contribution in [0.1, 0.15) is 0 Å². The molecule has 2 aliphatic heterocycles. The van der Waals surface area contributed by atoms with Gasteiger partial charge in [-0.1, -0.05) is 30.0 Å². The SMILES string of the molecule is COc1ccc2c(c1)N(C)/C(=C1/SC(=O)N(c3ccccc3)C1=O)S2. The van der Waals surface area contributed by atoms with Gasteiger partial charge in [0.2, 0.25) is 0 Å². The maximum atomic E-state index is 12.9. The molecule has 1 saturated heterocycles. The van der Waals surface area contributed by atoms with Gasteiger partial charge in [-0.2, -0.15) is 0 Å². The minimum atomic E-state index is -0.282. The van der Waals surface area contributed by atoms with Crippen molar-refractivity contribution in [2.45, 2.75) is 4.90 Å². The molecule has 126 valence electrons. The summed E-state index contributed by atoms with van der Waals surface area (Å²) in [4.78, 5) is 30.0.